The molecule has 3 rings (SSSR count). The summed E-state index contributed by atoms with van der Waals surface area (Å²) in [7, 11) is 0. The van der Waals surface area contributed by atoms with Crippen LogP contribution in [0.4, 0.5) is 13.2 Å². The lowest BCUT2D eigenvalue weighted by Crippen LogP contribution is -2.28. The van der Waals surface area contributed by atoms with Gasteiger partial charge >= 0.3 is 6.18 Å². The summed E-state index contributed by atoms with van der Waals surface area (Å²) in [6.45, 7) is 1.72. The van der Waals surface area contributed by atoms with E-state index in [0.717, 1.165) is 6.07 Å². The Morgan fingerprint density at radius 3 is 2.74 bits per heavy atom. The molecule has 1 fully saturated rings. The van der Waals surface area contributed by atoms with E-state index in [9.17, 15) is 18.3 Å². The molecule has 124 valence electrons. The van der Waals surface area contributed by atoms with Crippen molar-refractivity contribution in [1.29, 1.82) is 0 Å². The number of aliphatic hydroxyl groups is 1. The van der Waals surface area contributed by atoms with Crippen molar-refractivity contribution in [3.8, 4) is 0 Å². The monoisotopic (exact) mass is 325 g/mol. The number of alkyl halides is 3. The Morgan fingerprint density at radius 2 is 2.04 bits per heavy atom. The molecule has 1 aromatic carbocycles. The fraction of sp³-hybridized carbons (Fsp3) is 0.438. The molecule has 1 saturated heterocycles. The maximum atomic E-state index is 12.9. The van der Waals surface area contributed by atoms with Gasteiger partial charge in [0, 0.05) is 31.5 Å². The van der Waals surface area contributed by atoms with E-state index in [1.54, 1.807) is 16.9 Å². The number of aliphatic hydroxyl groups excluding tert-OH is 1. The van der Waals surface area contributed by atoms with Crippen LogP contribution in [0, 0.1) is 0 Å². The third-order valence-electron chi connectivity index (χ3n) is 4.16. The van der Waals surface area contributed by atoms with Crippen LogP contribution in [0.15, 0.2) is 42.7 Å². The molecule has 0 spiro atoms. The quantitative estimate of drug-likeness (QED) is 0.940. The van der Waals surface area contributed by atoms with E-state index in [0.29, 0.717) is 31.6 Å². The van der Waals surface area contributed by atoms with Crippen molar-refractivity contribution in [3.63, 3.8) is 0 Å². The van der Waals surface area contributed by atoms with E-state index in [2.05, 4.69) is 5.10 Å². The summed E-state index contributed by atoms with van der Waals surface area (Å²) in [6, 6.07) is 6.99. The average molecular weight is 325 g/mol. The lowest BCUT2D eigenvalue weighted by Gasteiger charge is -2.25. The van der Waals surface area contributed by atoms with Crippen molar-refractivity contribution in [2.75, 3.05) is 13.1 Å². The molecular weight excluding hydrogens is 307 g/mol. The van der Waals surface area contributed by atoms with Gasteiger partial charge in [0.15, 0.2) is 0 Å². The number of halogens is 3. The number of β-amino-alcohol motifs (C(OH)–C–C–N with tert-alkyl or cyclic N) is 1. The summed E-state index contributed by atoms with van der Waals surface area (Å²) in [5.41, 5.74) is -0.0553. The van der Waals surface area contributed by atoms with Gasteiger partial charge < -0.3 is 5.11 Å². The summed E-state index contributed by atoms with van der Waals surface area (Å²) in [5, 5.41) is 14.1. The van der Waals surface area contributed by atoms with E-state index < -0.39 is 17.8 Å². The molecule has 0 bridgehead atoms. The molecule has 2 heterocycles. The van der Waals surface area contributed by atoms with Crippen molar-refractivity contribution in [3.05, 3.63) is 53.9 Å². The number of aromatic nitrogens is 2. The van der Waals surface area contributed by atoms with Crippen LogP contribution < -0.4 is 0 Å². The predicted molar refractivity (Wildman–Crippen MR) is 78.6 cm³/mol. The van der Waals surface area contributed by atoms with Crippen LogP contribution in [0.1, 0.15) is 23.6 Å². The lowest BCUT2D eigenvalue weighted by atomic mass is 10.0. The van der Waals surface area contributed by atoms with Crippen molar-refractivity contribution in [2.45, 2.75) is 31.3 Å². The van der Waals surface area contributed by atoms with Crippen molar-refractivity contribution < 1.29 is 18.3 Å². The minimum atomic E-state index is -4.35. The van der Waals surface area contributed by atoms with Gasteiger partial charge in [0.1, 0.15) is 0 Å². The molecule has 1 aromatic heterocycles. The summed E-state index contributed by atoms with van der Waals surface area (Å²) >= 11 is 0. The van der Waals surface area contributed by atoms with E-state index in [4.69, 9.17) is 0 Å². The smallest absolute Gasteiger partial charge is 0.392 e. The maximum Gasteiger partial charge on any atom is 0.416 e. The second-order valence-corrected chi connectivity index (χ2v) is 5.79. The first-order valence-corrected chi connectivity index (χ1v) is 7.50. The lowest BCUT2D eigenvalue weighted by molar-refractivity contribution is -0.137. The van der Waals surface area contributed by atoms with Crippen molar-refractivity contribution >= 4 is 0 Å². The highest BCUT2D eigenvalue weighted by Crippen LogP contribution is 2.35. The topological polar surface area (TPSA) is 41.3 Å². The Morgan fingerprint density at radius 1 is 1.22 bits per heavy atom. The molecule has 0 saturated carbocycles. The molecular formula is C16H18F3N3O. The molecule has 0 unspecified atom stereocenters. The van der Waals surface area contributed by atoms with Crippen molar-refractivity contribution in [1.82, 2.24) is 14.7 Å². The number of hydrogen-bond acceptors (Lipinski definition) is 3. The molecule has 1 aliphatic rings. The van der Waals surface area contributed by atoms with Crippen molar-refractivity contribution in [2.24, 2.45) is 0 Å². The number of benzene rings is 1. The minimum Gasteiger partial charge on any atom is -0.392 e. The molecule has 2 aromatic rings. The van der Waals surface area contributed by atoms with Gasteiger partial charge in [-0.05, 0) is 30.2 Å². The van der Waals surface area contributed by atoms with Gasteiger partial charge in [-0.3, -0.25) is 9.58 Å². The Labute approximate surface area is 132 Å². The molecule has 2 atom stereocenters. The van der Waals surface area contributed by atoms with Crippen LogP contribution in [0.25, 0.3) is 0 Å². The van der Waals surface area contributed by atoms with Crippen LogP contribution in [0.5, 0.6) is 0 Å². The molecule has 0 aliphatic carbocycles. The zero-order valence-corrected chi connectivity index (χ0v) is 12.4. The van der Waals surface area contributed by atoms with Crippen LogP contribution in [-0.4, -0.2) is 39.0 Å². The zero-order chi connectivity index (χ0) is 16.4. The second-order valence-electron chi connectivity index (χ2n) is 5.79. The SMILES string of the molecule is O[C@@H]1C[C@H](c2cccc(C(F)(F)F)c2)N(CCn2cccn2)C1. The highest BCUT2D eigenvalue weighted by molar-refractivity contribution is 5.29. The second kappa shape index (κ2) is 6.33. The molecule has 4 nitrogen and oxygen atoms in total. The number of likely N-dealkylation sites (tertiary alicyclic amines) is 1. The van der Waals surface area contributed by atoms with Gasteiger partial charge in [-0.1, -0.05) is 12.1 Å². The third-order valence-corrected chi connectivity index (χ3v) is 4.16. The van der Waals surface area contributed by atoms with Gasteiger partial charge in [0.2, 0.25) is 0 Å². The normalized spacial score (nSPS) is 22.6. The van der Waals surface area contributed by atoms with Gasteiger partial charge in [-0.25, -0.2) is 0 Å². The van der Waals surface area contributed by atoms with Crippen LogP contribution in [0.2, 0.25) is 0 Å². The minimum absolute atomic E-state index is 0.206. The first-order valence-electron chi connectivity index (χ1n) is 7.50. The van der Waals surface area contributed by atoms with Crippen LogP contribution >= 0.6 is 0 Å². The Hall–Kier alpha value is -1.86. The van der Waals surface area contributed by atoms with E-state index in [1.165, 1.54) is 12.1 Å². The van der Waals surface area contributed by atoms with Crippen LogP contribution in [0.3, 0.4) is 0 Å². The highest BCUT2D eigenvalue weighted by Gasteiger charge is 2.35. The van der Waals surface area contributed by atoms with Gasteiger partial charge in [0.05, 0.1) is 18.2 Å². The average Bonchev–Trinajstić information content (AvgIpc) is 3.13. The molecule has 1 N–H and O–H groups in total. The maximum absolute atomic E-state index is 12.9. The van der Waals surface area contributed by atoms with Crippen LogP contribution in [-0.2, 0) is 12.7 Å². The number of hydrogen-bond donors (Lipinski definition) is 1. The van der Waals surface area contributed by atoms with E-state index in [1.807, 2.05) is 17.2 Å². The summed E-state index contributed by atoms with van der Waals surface area (Å²) < 4.78 is 40.4. The fourth-order valence-electron chi connectivity index (χ4n) is 3.06. The number of rotatable bonds is 4. The Bertz CT molecular complexity index is 642. The zero-order valence-electron chi connectivity index (χ0n) is 12.4. The molecule has 23 heavy (non-hydrogen) atoms. The van der Waals surface area contributed by atoms with E-state index in [-0.39, 0.29) is 6.04 Å². The molecule has 7 heteroatoms. The van der Waals surface area contributed by atoms with Gasteiger partial charge in [-0.2, -0.15) is 18.3 Å². The largest absolute Gasteiger partial charge is 0.416 e. The number of nitrogens with zero attached hydrogens (tertiary/aromatic N) is 3. The van der Waals surface area contributed by atoms with Gasteiger partial charge in [-0.15, -0.1) is 0 Å². The highest BCUT2D eigenvalue weighted by atomic mass is 19.4. The third kappa shape index (κ3) is 3.73. The Balaban J connectivity index is 1.76. The molecule has 0 radical (unpaired) electrons. The Kier molecular flexibility index (Phi) is 4.41. The molecule has 0 amide bonds. The summed E-state index contributed by atoms with van der Waals surface area (Å²) in [4.78, 5) is 2.02. The molecule has 1 aliphatic heterocycles. The van der Waals surface area contributed by atoms with Gasteiger partial charge in [0.25, 0.3) is 0 Å². The predicted octanol–water partition coefficient (Wildman–Crippen LogP) is 2.71. The first kappa shape index (κ1) is 16.0. The summed E-state index contributed by atoms with van der Waals surface area (Å²) in [6.07, 6.45) is -0.908. The fourth-order valence-corrected chi connectivity index (χ4v) is 3.06. The summed E-state index contributed by atoms with van der Waals surface area (Å²) in [5.74, 6) is 0. The van der Waals surface area contributed by atoms with E-state index >= 15 is 0 Å². The standard InChI is InChI=1S/C16H18F3N3O/c17-16(18,19)13-4-1-3-12(9-13)15-10-14(23)11-21(15)7-8-22-6-2-5-20-22/h1-6,9,14-15,23H,7-8,10-11H2/t14-,15-/m1/s1. The first-order chi connectivity index (χ1) is 10.9.